The van der Waals surface area contributed by atoms with Crippen LogP contribution in [0.5, 0.6) is 0 Å². The molecule has 0 bridgehead atoms. The Hall–Kier alpha value is -0.900. The maximum atomic E-state index is 6.16. The first-order valence-corrected chi connectivity index (χ1v) is 6.84. The summed E-state index contributed by atoms with van der Waals surface area (Å²) in [4.78, 5) is 6.85. The Morgan fingerprint density at radius 1 is 1.35 bits per heavy atom. The molecule has 0 saturated carbocycles. The van der Waals surface area contributed by atoms with Gasteiger partial charge >= 0.3 is 0 Å². The zero-order chi connectivity index (χ0) is 12.3. The Bertz CT molecular complexity index is 496. The number of hydrogen-bond donors (Lipinski definition) is 0. The first-order valence-electron chi connectivity index (χ1n) is 5.58. The minimum Gasteiger partial charge on any atom is -0.301 e. The lowest BCUT2D eigenvalue weighted by Crippen LogP contribution is -2.16. The highest BCUT2D eigenvalue weighted by molar-refractivity contribution is 7.13. The number of hydrogen-bond acceptors (Lipinski definition) is 3. The molecular weight excluding hydrogens is 252 g/mol. The van der Waals surface area contributed by atoms with Crippen molar-refractivity contribution in [1.82, 2.24) is 9.88 Å². The van der Waals surface area contributed by atoms with Crippen molar-refractivity contribution in [3.8, 4) is 10.6 Å². The molecule has 4 heteroatoms. The second-order valence-electron chi connectivity index (χ2n) is 3.95. The van der Waals surface area contributed by atoms with Crippen molar-refractivity contribution in [2.75, 3.05) is 13.6 Å². The minimum atomic E-state index is 0.761. The monoisotopic (exact) mass is 266 g/mol. The third-order valence-electron chi connectivity index (χ3n) is 2.63. The Kier molecular flexibility index (Phi) is 4.15. The van der Waals surface area contributed by atoms with E-state index >= 15 is 0 Å². The summed E-state index contributed by atoms with van der Waals surface area (Å²) in [7, 11) is 2.09. The van der Waals surface area contributed by atoms with Crippen molar-refractivity contribution < 1.29 is 0 Å². The summed E-state index contributed by atoms with van der Waals surface area (Å²) in [6.07, 6.45) is 0. The van der Waals surface area contributed by atoms with Crippen LogP contribution in [0.25, 0.3) is 10.6 Å². The van der Waals surface area contributed by atoms with Gasteiger partial charge in [-0.2, -0.15) is 0 Å². The van der Waals surface area contributed by atoms with E-state index in [1.807, 2.05) is 24.3 Å². The van der Waals surface area contributed by atoms with E-state index in [1.54, 1.807) is 11.3 Å². The fourth-order valence-electron chi connectivity index (χ4n) is 1.53. The second-order valence-corrected chi connectivity index (χ2v) is 5.22. The van der Waals surface area contributed by atoms with E-state index in [2.05, 4.69) is 29.2 Å². The number of thiazole rings is 1. The van der Waals surface area contributed by atoms with Crippen LogP contribution in [0.2, 0.25) is 5.02 Å². The number of rotatable bonds is 4. The minimum absolute atomic E-state index is 0.761. The van der Waals surface area contributed by atoms with Crippen LogP contribution in [0, 0.1) is 0 Å². The van der Waals surface area contributed by atoms with E-state index in [0.717, 1.165) is 34.4 Å². The average molecular weight is 267 g/mol. The average Bonchev–Trinajstić information content (AvgIpc) is 2.78. The molecule has 0 amide bonds. The molecule has 2 rings (SSSR count). The van der Waals surface area contributed by atoms with Crippen LogP contribution in [0.4, 0.5) is 0 Å². The highest BCUT2D eigenvalue weighted by Crippen LogP contribution is 2.30. The van der Waals surface area contributed by atoms with Crippen LogP contribution in [-0.2, 0) is 6.54 Å². The molecule has 0 radical (unpaired) electrons. The normalized spacial score (nSPS) is 11.1. The van der Waals surface area contributed by atoms with Gasteiger partial charge in [0.25, 0.3) is 0 Å². The second kappa shape index (κ2) is 5.63. The van der Waals surface area contributed by atoms with Gasteiger partial charge in [-0.05, 0) is 19.7 Å². The summed E-state index contributed by atoms with van der Waals surface area (Å²) in [6, 6.07) is 7.83. The van der Waals surface area contributed by atoms with Gasteiger partial charge in [-0.1, -0.05) is 36.7 Å². The van der Waals surface area contributed by atoms with Gasteiger partial charge in [-0.15, -0.1) is 11.3 Å². The lowest BCUT2D eigenvalue weighted by molar-refractivity contribution is 0.342. The Morgan fingerprint density at radius 2 is 2.12 bits per heavy atom. The zero-order valence-electron chi connectivity index (χ0n) is 9.98. The van der Waals surface area contributed by atoms with E-state index in [-0.39, 0.29) is 0 Å². The predicted octanol–water partition coefficient (Wildman–Crippen LogP) is 3.92. The molecule has 0 aliphatic rings. The van der Waals surface area contributed by atoms with Gasteiger partial charge in [-0.25, -0.2) is 4.98 Å². The van der Waals surface area contributed by atoms with Crippen LogP contribution >= 0.6 is 22.9 Å². The van der Waals surface area contributed by atoms with E-state index in [1.165, 1.54) is 0 Å². The molecule has 2 nitrogen and oxygen atoms in total. The van der Waals surface area contributed by atoms with Crippen molar-refractivity contribution in [2.45, 2.75) is 13.5 Å². The molecule has 0 aliphatic heterocycles. The zero-order valence-corrected chi connectivity index (χ0v) is 11.6. The van der Waals surface area contributed by atoms with Gasteiger partial charge in [0.05, 0.1) is 10.7 Å². The van der Waals surface area contributed by atoms with E-state index in [9.17, 15) is 0 Å². The third kappa shape index (κ3) is 3.06. The highest BCUT2D eigenvalue weighted by atomic mass is 35.5. The van der Waals surface area contributed by atoms with Gasteiger partial charge < -0.3 is 4.90 Å². The maximum Gasteiger partial charge on any atom is 0.125 e. The van der Waals surface area contributed by atoms with Crippen LogP contribution in [0.3, 0.4) is 0 Å². The van der Waals surface area contributed by atoms with Crippen molar-refractivity contribution in [2.24, 2.45) is 0 Å². The molecule has 0 unspecified atom stereocenters. The Labute approximate surface area is 111 Å². The maximum absolute atomic E-state index is 6.16. The Morgan fingerprint density at radius 3 is 2.82 bits per heavy atom. The lowest BCUT2D eigenvalue weighted by atomic mass is 10.2. The Balaban J connectivity index is 2.21. The standard InChI is InChI=1S/C13H15ClN2S/c1-3-16(2)8-10-9-17-13(15-10)11-6-4-5-7-12(11)14/h4-7,9H,3,8H2,1-2H3. The molecule has 1 aromatic heterocycles. The molecule has 17 heavy (non-hydrogen) atoms. The summed E-state index contributed by atoms with van der Waals surface area (Å²) in [5.74, 6) is 0. The molecule has 1 heterocycles. The summed E-state index contributed by atoms with van der Waals surface area (Å²) in [6.45, 7) is 4.05. The lowest BCUT2D eigenvalue weighted by Gasteiger charge is -2.10. The van der Waals surface area contributed by atoms with E-state index in [0.29, 0.717) is 0 Å². The van der Waals surface area contributed by atoms with E-state index in [4.69, 9.17) is 11.6 Å². The molecule has 2 aromatic rings. The van der Waals surface area contributed by atoms with Crippen LogP contribution in [0.15, 0.2) is 29.6 Å². The number of nitrogens with zero attached hydrogens (tertiary/aromatic N) is 2. The van der Waals surface area contributed by atoms with Crippen molar-refractivity contribution in [3.63, 3.8) is 0 Å². The number of benzene rings is 1. The van der Waals surface area contributed by atoms with Gasteiger partial charge in [0.15, 0.2) is 0 Å². The summed E-state index contributed by atoms with van der Waals surface area (Å²) >= 11 is 7.80. The molecule has 1 aromatic carbocycles. The van der Waals surface area contributed by atoms with Gasteiger partial charge in [0.2, 0.25) is 0 Å². The fraction of sp³-hybridized carbons (Fsp3) is 0.308. The van der Waals surface area contributed by atoms with Gasteiger partial charge in [0, 0.05) is 17.5 Å². The van der Waals surface area contributed by atoms with Crippen molar-refractivity contribution >= 4 is 22.9 Å². The van der Waals surface area contributed by atoms with Crippen molar-refractivity contribution in [3.05, 3.63) is 40.4 Å². The van der Waals surface area contributed by atoms with Crippen LogP contribution < -0.4 is 0 Å². The first-order chi connectivity index (χ1) is 8.20. The quantitative estimate of drug-likeness (QED) is 0.834. The molecule has 0 atom stereocenters. The fourth-order valence-corrected chi connectivity index (χ4v) is 2.66. The summed E-state index contributed by atoms with van der Waals surface area (Å²) in [5, 5.41) is 3.86. The number of halogens is 1. The number of aromatic nitrogens is 1. The molecule has 0 fully saturated rings. The topological polar surface area (TPSA) is 16.1 Å². The molecule has 90 valence electrons. The van der Waals surface area contributed by atoms with Gasteiger partial charge in [-0.3, -0.25) is 0 Å². The molecule has 0 saturated heterocycles. The van der Waals surface area contributed by atoms with Crippen molar-refractivity contribution in [1.29, 1.82) is 0 Å². The van der Waals surface area contributed by atoms with E-state index < -0.39 is 0 Å². The predicted molar refractivity (Wildman–Crippen MR) is 74.6 cm³/mol. The smallest absolute Gasteiger partial charge is 0.125 e. The molecule has 0 spiro atoms. The molecular formula is C13H15ClN2S. The summed E-state index contributed by atoms with van der Waals surface area (Å²) < 4.78 is 0. The SMILES string of the molecule is CCN(C)Cc1csc(-c2ccccc2Cl)n1. The van der Waals surface area contributed by atoms with Gasteiger partial charge in [0.1, 0.15) is 5.01 Å². The largest absolute Gasteiger partial charge is 0.301 e. The first kappa shape index (κ1) is 12.6. The third-order valence-corrected chi connectivity index (χ3v) is 3.88. The highest BCUT2D eigenvalue weighted by Gasteiger charge is 2.08. The van der Waals surface area contributed by atoms with Crippen LogP contribution in [-0.4, -0.2) is 23.5 Å². The molecule has 0 N–H and O–H groups in total. The van der Waals surface area contributed by atoms with Crippen LogP contribution in [0.1, 0.15) is 12.6 Å². The summed E-state index contributed by atoms with van der Waals surface area (Å²) in [5.41, 5.74) is 2.12. The molecule has 0 aliphatic carbocycles.